The van der Waals surface area contributed by atoms with E-state index in [1.807, 2.05) is 30.3 Å². The molecule has 0 amide bonds. The smallest absolute Gasteiger partial charge is 0.340 e. The average molecular weight is 515 g/mol. The number of rotatable bonds is 9. The van der Waals surface area contributed by atoms with Gasteiger partial charge in [0.25, 0.3) is 0 Å². The molecule has 14 nitrogen and oxygen atoms in total. The van der Waals surface area contributed by atoms with E-state index in [4.69, 9.17) is 19.0 Å². The van der Waals surface area contributed by atoms with E-state index in [1.54, 1.807) is 0 Å². The second-order valence-electron chi connectivity index (χ2n) is 7.67. The molecular weight excluding hydrogens is 492 g/mol. The predicted octanol–water partition coefficient (Wildman–Crippen LogP) is 0.395. The number of aromatic nitrogens is 4. The van der Waals surface area contributed by atoms with Crippen molar-refractivity contribution < 1.29 is 43.3 Å². The molecule has 3 aromatic rings. The van der Waals surface area contributed by atoms with Gasteiger partial charge in [-0.05, 0) is 5.56 Å². The molecule has 1 aromatic carbocycles. The largest absolute Gasteiger partial charge is 0.387 e. The van der Waals surface area contributed by atoms with Gasteiger partial charge in [-0.2, -0.15) is 0 Å². The molecule has 0 spiro atoms. The summed E-state index contributed by atoms with van der Waals surface area (Å²) in [5, 5.41) is 24.0. The number of benzene rings is 1. The fourth-order valence-corrected chi connectivity index (χ4v) is 6.08. The molecule has 0 radical (unpaired) electrons. The first-order valence-electron chi connectivity index (χ1n) is 10.0. The Kier molecular flexibility index (Phi) is 7.15. The Hall–Kier alpha value is -2.25. The van der Waals surface area contributed by atoms with Gasteiger partial charge >= 0.3 is 15.2 Å². The molecule has 6 N–H and O–H groups in total. The number of hydrogen-bond acceptors (Lipinski definition) is 10. The molecule has 0 saturated carbocycles. The molecule has 34 heavy (non-hydrogen) atoms. The van der Waals surface area contributed by atoms with E-state index < -0.39 is 52.2 Å². The summed E-state index contributed by atoms with van der Waals surface area (Å²) >= 11 is 0. The van der Waals surface area contributed by atoms with Gasteiger partial charge in [-0.3, -0.25) is 13.7 Å². The molecule has 0 bridgehead atoms. The second kappa shape index (κ2) is 9.78. The van der Waals surface area contributed by atoms with Gasteiger partial charge in [-0.1, -0.05) is 30.3 Å². The Labute approximate surface area is 192 Å². The lowest BCUT2D eigenvalue weighted by Crippen LogP contribution is -2.33. The van der Waals surface area contributed by atoms with Gasteiger partial charge in [0.2, 0.25) is 0 Å². The van der Waals surface area contributed by atoms with Gasteiger partial charge < -0.3 is 39.5 Å². The minimum absolute atomic E-state index is 0.303. The highest BCUT2D eigenvalue weighted by atomic mass is 31.2. The zero-order valence-electron chi connectivity index (χ0n) is 17.5. The van der Waals surface area contributed by atoms with Crippen LogP contribution in [0.25, 0.3) is 11.2 Å². The summed E-state index contributed by atoms with van der Waals surface area (Å²) in [7, 11) is -9.46. The van der Waals surface area contributed by atoms with E-state index in [0.29, 0.717) is 23.5 Å². The van der Waals surface area contributed by atoms with E-state index >= 15 is 0 Å². The third kappa shape index (κ3) is 5.69. The van der Waals surface area contributed by atoms with E-state index in [-0.39, 0.29) is 0 Å². The highest BCUT2D eigenvalue weighted by Crippen LogP contribution is 2.55. The van der Waals surface area contributed by atoms with Crippen LogP contribution in [-0.4, -0.2) is 75.2 Å². The Morgan fingerprint density at radius 2 is 1.79 bits per heavy atom. The van der Waals surface area contributed by atoms with Crippen LogP contribution in [0.3, 0.4) is 0 Å². The number of fused-ring (bicyclic) bond motifs is 1. The van der Waals surface area contributed by atoms with Crippen molar-refractivity contribution in [1.29, 1.82) is 0 Å². The van der Waals surface area contributed by atoms with Crippen molar-refractivity contribution in [3.05, 3.63) is 48.5 Å². The highest BCUT2D eigenvalue weighted by Gasteiger charge is 2.45. The Bertz CT molecular complexity index is 1240. The lowest BCUT2D eigenvalue weighted by molar-refractivity contribution is -0.0483. The quantitative estimate of drug-likeness (QED) is 0.213. The molecule has 3 heterocycles. The zero-order chi connectivity index (χ0) is 24.5. The third-order valence-corrected chi connectivity index (χ3v) is 8.53. The first-order valence-corrected chi connectivity index (χ1v) is 13.6. The van der Waals surface area contributed by atoms with E-state index in [0.717, 1.165) is 5.56 Å². The summed E-state index contributed by atoms with van der Waals surface area (Å²) in [6.07, 6.45) is -2.76. The monoisotopic (exact) mass is 515 g/mol. The van der Waals surface area contributed by atoms with Crippen LogP contribution in [0.5, 0.6) is 0 Å². The van der Waals surface area contributed by atoms with Crippen molar-refractivity contribution in [3.63, 3.8) is 0 Å². The summed E-state index contributed by atoms with van der Waals surface area (Å²) in [5.74, 6) is -0.935. The van der Waals surface area contributed by atoms with E-state index in [9.17, 15) is 24.2 Å². The van der Waals surface area contributed by atoms with Gasteiger partial charge in [0.1, 0.15) is 24.6 Å². The molecule has 4 rings (SSSR count). The summed E-state index contributed by atoms with van der Waals surface area (Å²) in [6, 6.07) is 9.62. The van der Waals surface area contributed by atoms with Crippen LogP contribution in [0.1, 0.15) is 11.8 Å². The SMILES string of the molecule is O=P(O)(O)CP(=O)(O)OC[C@H]1O[C@@H](n2cnc3c(NCc4ccccc4)ncnc32)C(O)[C@H]1O. The van der Waals surface area contributed by atoms with Crippen LogP contribution < -0.4 is 5.32 Å². The third-order valence-electron chi connectivity index (χ3n) is 5.08. The van der Waals surface area contributed by atoms with Crippen molar-refractivity contribution in [2.24, 2.45) is 0 Å². The second-order valence-corrected chi connectivity index (χ2v) is 11.7. The average Bonchev–Trinajstić information content (AvgIpc) is 3.32. The molecule has 184 valence electrons. The topological polar surface area (TPSA) is 209 Å². The summed E-state index contributed by atoms with van der Waals surface area (Å²) in [5.41, 5.74) is 1.72. The highest BCUT2D eigenvalue weighted by molar-refractivity contribution is 7.70. The van der Waals surface area contributed by atoms with Gasteiger partial charge in [-0.15, -0.1) is 0 Å². The lowest BCUT2D eigenvalue weighted by Gasteiger charge is -2.18. The number of nitrogens with one attached hydrogen (secondary N) is 1. The Morgan fingerprint density at radius 1 is 1.06 bits per heavy atom. The number of ether oxygens (including phenoxy) is 1. The summed E-state index contributed by atoms with van der Waals surface area (Å²) in [6.45, 7) is -0.204. The summed E-state index contributed by atoms with van der Waals surface area (Å²) in [4.78, 5) is 40.1. The maximum atomic E-state index is 11.9. The fourth-order valence-electron chi connectivity index (χ4n) is 3.51. The van der Waals surface area contributed by atoms with Crippen molar-refractivity contribution in [2.45, 2.75) is 31.1 Å². The van der Waals surface area contributed by atoms with E-state index in [1.165, 1.54) is 17.2 Å². The van der Waals surface area contributed by atoms with Crippen LogP contribution >= 0.6 is 15.2 Å². The standard InChI is InChI=1S/C18H23N5O9P2/c24-14-12(7-31-34(29,30)10-33(26,27)28)32-18(15(14)25)23-9-22-13-16(20-8-21-17(13)23)19-6-11-4-2-1-3-5-11/h1-5,8-9,12,14-15,18,24-25H,6-7,10H2,(H,29,30)(H,19,20,21)(H2,26,27,28)/t12-,14+,15?,18-/m1/s1. The molecule has 2 unspecified atom stereocenters. The minimum atomic E-state index is -4.81. The molecule has 2 aromatic heterocycles. The number of nitrogens with zero attached hydrogens (tertiary/aromatic N) is 4. The van der Waals surface area contributed by atoms with Gasteiger partial charge in [0.05, 0.1) is 12.9 Å². The predicted molar refractivity (Wildman–Crippen MR) is 118 cm³/mol. The van der Waals surface area contributed by atoms with Crippen LogP contribution in [0, 0.1) is 0 Å². The fraction of sp³-hybridized carbons (Fsp3) is 0.389. The molecular formula is C18H23N5O9P2. The van der Waals surface area contributed by atoms with Gasteiger partial charge in [-0.25, -0.2) is 15.0 Å². The molecule has 5 atom stereocenters. The van der Waals surface area contributed by atoms with Crippen LogP contribution in [0.4, 0.5) is 5.82 Å². The van der Waals surface area contributed by atoms with E-state index in [2.05, 4.69) is 20.3 Å². The maximum Gasteiger partial charge on any atom is 0.340 e. The number of imidazole rings is 1. The number of anilines is 1. The molecule has 16 heteroatoms. The normalized spacial score (nSPS) is 24.9. The van der Waals surface area contributed by atoms with Crippen LogP contribution in [0.2, 0.25) is 0 Å². The molecule has 1 aliphatic heterocycles. The molecule has 1 aliphatic rings. The van der Waals surface area contributed by atoms with Crippen molar-refractivity contribution >= 4 is 32.2 Å². The number of aliphatic hydroxyl groups is 2. The van der Waals surface area contributed by atoms with Crippen molar-refractivity contribution in [1.82, 2.24) is 19.5 Å². The Morgan fingerprint density at radius 3 is 2.50 bits per heavy atom. The summed E-state index contributed by atoms with van der Waals surface area (Å²) < 4.78 is 34.6. The lowest BCUT2D eigenvalue weighted by atomic mass is 10.1. The van der Waals surface area contributed by atoms with Crippen molar-refractivity contribution in [2.75, 3.05) is 17.8 Å². The van der Waals surface area contributed by atoms with Crippen LogP contribution in [0.15, 0.2) is 43.0 Å². The molecule has 0 aliphatic carbocycles. The first-order chi connectivity index (χ1) is 16.0. The Balaban J connectivity index is 1.48. The number of aliphatic hydroxyl groups excluding tert-OH is 2. The zero-order valence-corrected chi connectivity index (χ0v) is 19.3. The minimum Gasteiger partial charge on any atom is -0.387 e. The number of hydrogen-bond donors (Lipinski definition) is 6. The van der Waals surface area contributed by atoms with Gasteiger partial charge in [0.15, 0.2) is 29.1 Å². The van der Waals surface area contributed by atoms with Crippen LogP contribution in [-0.2, 0) is 24.9 Å². The first kappa shape index (κ1) is 24.9. The maximum absolute atomic E-state index is 11.9. The molecule has 1 saturated heterocycles. The van der Waals surface area contributed by atoms with Crippen molar-refractivity contribution in [3.8, 4) is 0 Å². The molecule has 1 fully saturated rings. The van der Waals surface area contributed by atoms with Gasteiger partial charge in [0, 0.05) is 6.54 Å².